The minimum Gasteiger partial charge on any atom is -0.483 e. The first-order chi connectivity index (χ1) is 54.4. The zero-order valence-corrected chi connectivity index (χ0v) is 70.6. The highest BCUT2D eigenvalue weighted by Crippen LogP contribution is 2.56. The molecule has 0 spiro atoms. The van der Waals surface area contributed by atoms with Gasteiger partial charge in [-0.15, -0.1) is 12.6 Å². The summed E-state index contributed by atoms with van der Waals surface area (Å²) in [5.41, 5.74) is 30.7. The summed E-state index contributed by atoms with van der Waals surface area (Å²) >= 11 is 0. The Morgan fingerprint density at radius 2 is 0.754 bits per heavy atom. The summed E-state index contributed by atoms with van der Waals surface area (Å²) in [5.74, 6) is 8.09. The van der Waals surface area contributed by atoms with Crippen LogP contribution < -0.4 is 16.8 Å². The monoisotopic (exact) mass is 1580 g/mol. The Labute approximate surface area is 680 Å². The Hall–Kier alpha value is -6.50. The number of nitrogen functional groups attached to an aromatic ring is 1. The van der Waals surface area contributed by atoms with Crippen LogP contribution in [0.3, 0.4) is 0 Å². The lowest BCUT2D eigenvalue weighted by molar-refractivity contribution is -0.137. The van der Waals surface area contributed by atoms with Crippen LogP contribution in [0.4, 0.5) is 30.2 Å². The number of benzene rings is 5. The fraction of sp³-hybridized carbons (Fsp3) is 0.653. The van der Waals surface area contributed by atoms with E-state index < -0.39 is 22.3 Å². The Morgan fingerprint density at radius 1 is 0.465 bits per heavy atom. The Kier molecular flexibility index (Phi) is 24.8. The number of carbonyl (C=O) groups excluding carboxylic acids is 1. The van der Waals surface area contributed by atoms with Crippen LogP contribution in [0, 0.1) is 65.8 Å². The van der Waals surface area contributed by atoms with Crippen molar-refractivity contribution in [1.82, 2.24) is 24.5 Å². The van der Waals surface area contributed by atoms with Crippen LogP contribution >= 0.6 is 0 Å². The molecule has 20 rings (SSSR count). The van der Waals surface area contributed by atoms with Crippen molar-refractivity contribution in [2.45, 2.75) is 268 Å². The second kappa shape index (κ2) is 33.7. The van der Waals surface area contributed by atoms with Crippen LogP contribution in [0.25, 0.3) is 4.85 Å². The molecule has 6 N–H and O–H groups in total. The molecule has 10 fully saturated rings. The summed E-state index contributed by atoms with van der Waals surface area (Å²) in [6, 6.07) is 34.3. The second-order valence-electron chi connectivity index (χ2n) is 39.2. The Morgan fingerprint density at radius 3 is 1.07 bits per heavy atom. The quantitative estimate of drug-likeness (QED) is 0.0495. The third-order valence-corrected chi connectivity index (χ3v) is 32.6. The number of carboxylic acid groups (broad SMARTS) is 1. The molecule has 5 heterocycles. The summed E-state index contributed by atoms with van der Waals surface area (Å²) < 4.78 is 64.7. The first kappa shape index (κ1) is 84.0. The van der Waals surface area contributed by atoms with Gasteiger partial charge in [0.05, 0.1) is 12.1 Å². The maximum absolute atomic E-state index is 13.1. The number of likely N-dealkylation sites (tertiary alicyclic amines) is 5. The molecule has 10 unspecified atom stereocenters. The highest BCUT2D eigenvalue weighted by molar-refractivity contribution is 7.59. The second-order valence-corrected chi connectivity index (χ2v) is 39.6. The number of halogens is 3. The molecule has 114 heavy (non-hydrogen) atoms. The van der Waals surface area contributed by atoms with Gasteiger partial charge in [-0.3, -0.25) is 34.1 Å². The smallest absolute Gasteiger partial charge is 0.425 e. The van der Waals surface area contributed by atoms with Gasteiger partial charge in [0.1, 0.15) is 0 Å². The zero-order chi connectivity index (χ0) is 81.1. The van der Waals surface area contributed by atoms with Crippen molar-refractivity contribution in [2.75, 3.05) is 76.5 Å². The number of nitrogens with one attached hydrogen (secondary N) is 1. The molecule has 5 saturated carbocycles. The van der Waals surface area contributed by atoms with E-state index in [1.807, 2.05) is 12.1 Å². The van der Waals surface area contributed by atoms with E-state index in [-0.39, 0.29) is 22.7 Å². The van der Waals surface area contributed by atoms with Crippen molar-refractivity contribution in [2.24, 2.45) is 64.9 Å². The van der Waals surface area contributed by atoms with E-state index in [0.717, 1.165) is 107 Å². The van der Waals surface area contributed by atoms with Crippen LogP contribution in [0.2, 0.25) is 0 Å². The Balaban J connectivity index is 0.000000115. The lowest BCUT2D eigenvalue weighted by Gasteiger charge is -2.55. The van der Waals surface area contributed by atoms with Crippen LogP contribution in [0.1, 0.15) is 232 Å². The summed E-state index contributed by atoms with van der Waals surface area (Å²) in [5, 5.41) is 9.70. The summed E-state index contributed by atoms with van der Waals surface area (Å²) in [6.07, 6.45) is 22.6. The molecule has 5 saturated heterocycles. The van der Waals surface area contributed by atoms with Gasteiger partial charge in [0, 0.05) is 80.9 Å². The third-order valence-electron chi connectivity index (χ3n) is 32.6. The molecule has 5 aliphatic heterocycles. The first-order valence-corrected chi connectivity index (χ1v) is 44.7. The number of amides is 1. The number of rotatable bonds is 13. The first-order valence-electron chi connectivity index (χ1n) is 43.7. The summed E-state index contributed by atoms with van der Waals surface area (Å²) in [7, 11) is -3.11. The molecule has 15 atom stereocenters. The lowest BCUT2D eigenvalue weighted by Crippen LogP contribution is -2.58. The molecule has 1 amide bonds. The molecule has 0 radical (unpaired) electrons. The van der Waals surface area contributed by atoms with Crippen molar-refractivity contribution in [3.05, 3.63) is 169 Å². The number of nitrogens with two attached hydrogens (primary N) is 2. The molecule has 5 aromatic rings. The van der Waals surface area contributed by atoms with Gasteiger partial charge in [-0.25, -0.2) is 4.85 Å². The van der Waals surface area contributed by atoms with Crippen LogP contribution in [0.5, 0.6) is 0 Å². The molecule has 15 aliphatic rings. The number of anilines is 2. The van der Waals surface area contributed by atoms with E-state index in [4.69, 9.17) is 40.6 Å². The standard InChI is InChI=1S/C19H24F3N.C19H26N2O.C19H24N2.C19H28N2.C18H26N2.CH2O2.O3S/c1-12-17-9-14-5-6-15(19(20,21)22)10-16(14)18(12,2)7-8-23(17)11-13-3-4-13;1-13-18-9-15-5-6-16(20-12-22)10-17(15)19(13,2)7-8-21(18)11-14-3-4-14;1-13-18-10-15-6-7-16(20-3)11-17(15)19(13,2)8-9-21(18)12-14-4-5-14;1-13-18-10-16-6-5-15(11-20)9-17(16)19(13,2)7-8-21(18)12-14-3-4-14;1-12-17-9-14-5-6-15(19)10-16(14)18(12,2)7-8-20(17)11-13-3-4-13;2-1-3;1-4(2)3/h5-6,10,12-13,17H,3-4,7-9,11H2,1-2H3;5-6,10,12-14,18H,3-4,7-9,11H2,1-2H3,(H,20,22);6-7,11,13-14,18H,4-5,8-10,12H2,1-2H3;5-6,9,13-14,18H,3-4,7-8,10-12,20H2,1-2H3;5-6,10,12-13,17H,3-4,7-9,11,19H2,1-2H3;1H,(H,2,3);/t12?,17?,18-;3*13?,18?,19-;12?,17?,18-;;/m00000../s1. The van der Waals surface area contributed by atoms with Gasteiger partial charge in [-0.05, 0) is 345 Å². The fourth-order valence-electron chi connectivity index (χ4n) is 23.4. The van der Waals surface area contributed by atoms with Crippen molar-refractivity contribution >= 4 is 40.6 Å². The van der Waals surface area contributed by atoms with Gasteiger partial charge in [-0.2, -0.15) is 13.2 Å². The average molecular weight is 1580 g/mol. The van der Waals surface area contributed by atoms with E-state index in [1.165, 1.54) is 220 Å². The van der Waals surface area contributed by atoms with Gasteiger partial charge in [-0.1, -0.05) is 124 Å². The molecule has 5 aromatic carbocycles. The average Bonchev–Trinajstić information content (AvgIpc) is 1.21. The van der Waals surface area contributed by atoms with Gasteiger partial charge in [0.2, 0.25) is 6.41 Å². The summed E-state index contributed by atoms with van der Waals surface area (Å²) in [4.78, 5) is 36.5. The molecule has 0 aromatic heterocycles. The van der Waals surface area contributed by atoms with E-state index >= 15 is 0 Å². The number of carbonyl (C=O) groups is 2. The van der Waals surface area contributed by atoms with E-state index in [2.05, 4.69) is 165 Å². The predicted octanol–water partition coefficient (Wildman–Crippen LogP) is 17.0. The topological polar surface area (TPSA) is 190 Å². The number of hydrogen-bond acceptors (Lipinski definition) is 12. The SMILES string of the molecule is CC1C2Cc3ccc(C(F)(F)F)cc3[C@@]1(C)CCN2CC1CC1.CC1C2Cc3ccc(CN)cc3[C@@]1(C)CCN2CC1CC1.CC1C2Cc3ccc(N)cc3[C@@]1(C)CCN2CC1CC1.CC1C2Cc3ccc(NC=O)cc3[C@@]1(C)CCN2CC1CC1.O=CO.O=S(=O)=O.[C-]#[N+]c1ccc2c(c1)[C@@]1(C)CCN(CC3CC3)C(C2)C1C. The number of hydrogen-bond donors (Lipinski definition) is 4. The van der Waals surface area contributed by atoms with Crippen molar-refractivity contribution in [1.29, 1.82) is 0 Å². The molecule has 10 bridgehead atoms. The van der Waals surface area contributed by atoms with Gasteiger partial charge in [0.25, 0.3) is 6.47 Å². The summed E-state index contributed by atoms with van der Waals surface area (Å²) in [6.45, 7) is 44.3. The lowest BCUT2D eigenvalue weighted by atomic mass is 9.59. The van der Waals surface area contributed by atoms with Crippen molar-refractivity contribution in [3.63, 3.8) is 0 Å². The third kappa shape index (κ3) is 17.5. The normalized spacial score (nSPS) is 33.3. The minimum atomic E-state index is -4.25. The number of fused-ring (bicyclic) bond motifs is 20. The maximum Gasteiger partial charge on any atom is 0.425 e. The maximum atomic E-state index is 13.1. The van der Waals surface area contributed by atoms with Gasteiger partial charge in [0.15, 0.2) is 5.69 Å². The molecular formula is C95H130F3N9O6S. The number of piperidine rings is 5. The van der Waals surface area contributed by atoms with E-state index in [1.54, 1.807) is 22.8 Å². The number of alkyl halides is 3. The van der Waals surface area contributed by atoms with Gasteiger partial charge < -0.3 is 21.9 Å². The molecule has 15 nitrogen and oxygen atoms in total. The van der Waals surface area contributed by atoms with Crippen LogP contribution in [0.15, 0.2) is 91.0 Å². The van der Waals surface area contributed by atoms with Crippen LogP contribution in [-0.4, -0.2) is 151 Å². The van der Waals surface area contributed by atoms with E-state index in [9.17, 15) is 18.0 Å². The largest absolute Gasteiger partial charge is 0.483 e. The molecule has 19 heteroatoms. The highest BCUT2D eigenvalue weighted by atomic mass is 32.2. The Bertz CT molecular complexity index is 4450. The van der Waals surface area contributed by atoms with Gasteiger partial charge >= 0.3 is 16.8 Å². The molecular weight excluding hydrogens is 1450 g/mol. The highest BCUT2D eigenvalue weighted by Gasteiger charge is 2.55. The van der Waals surface area contributed by atoms with Crippen molar-refractivity contribution < 1.29 is 40.5 Å². The van der Waals surface area contributed by atoms with Crippen LogP contribution in [-0.2, 0) is 92.1 Å². The molecule has 618 valence electrons. The van der Waals surface area contributed by atoms with E-state index in [0.29, 0.717) is 53.3 Å². The fourth-order valence-corrected chi connectivity index (χ4v) is 23.4. The van der Waals surface area contributed by atoms with Crippen molar-refractivity contribution in [3.8, 4) is 0 Å². The molecule has 10 aliphatic carbocycles. The number of nitrogens with zero attached hydrogens (tertiary/aromatic N) is 6. The predicted molar refractivity (Wildman–Crippen MR) is 448 cm³/mol. The zero-order valence-electron chi connectivity index (χ0n) is 69.8. The minimum absolute atomic E-state index is 0.125.